The molecule has 2 rings (SSSR count). The molecular weight excluding hydrogens is 258 g/mol. The second-order valence-electron chi connectivity index (χ2n) is 4.79. The molecule has 2 aromatic rings. The molecule has 5 heteroatoms. The van der Waals surface area contributed by atoms with E-state index in [0.717, 1.165) is 0 Å². The van der Waals surface area contributed by atoms with Crippen LogP contribution >= 0.6 is 12.1 Å². The molecule has 2 aromatic carbocycles. The summed E-state index contributed by atoms with van der Waals surface area (Å²) < 4.78 is 3.01. The Bertz CT molecular complexity index is 472. The lowest BCUT2D eigenvalue weighted by molar-refractivity contribution is -0.727. The molecule has 0 unspecified atom stereocenters. The van der Waals surface area contributed by atoms with Crippen LogP contribution in [0.1, 0.15) is 0 Å². The Hall–Kier alpha value is -1.72. The number of urea groups is 1. The van der Waals surface area contributed by atoms with E-state index in [1.54, 1.807) is 0 Å². The summed E-state index contributed by atoms with van der Waals surface area (Å²) in [7, 11) is 5.79. The van der Waals surface area contributed by atoms with Crippen molar-refractivity contribution < 1.29 is 8.68 Å². The van der Waals surface area contributed by atoms with Gasteiger partial charge in [-0.05, 0) is 10.8 Å². The molecule has 4 nitrogen and oxygen atoms in total. The fraction of sp³-hybridized carbons (Fsp3) is 0.214. The van der Waals surface area contributed by atoms with Crippen LogP contribution in [-0.4, -0.2) is 31.1 Å². The molecule has 0 atom stereocenters. The summed E-state index contributed by atoms with van der Waals surface area (Å²) in [6.07, 6.45) is 0. The van der Waals surface area contributed by atoms with Gasteiger partial charge < -0.3 is 5.73 Å². The minimum Gasteiger partial charge on any atom is -0.351 e. The number of carbonyl (C=O) groups is 1. The Morgan fingerprint density at radius 2 is 1.37 bits per heavy atom. The highest BCUT2D eigenvalue weighted by molar-refractivity contribution is 7.92. The number of amides is 2. The van der Waals surface area contributed by atoms with Crippen LogP contribution in [0.5, 0.6) is 0 Å². The van der Waals surface area contributed by atoms with Crippen LogP contribution in [0.3, 0.4) is 0 Å². The quantitative estimate of drug-likeness (QED) is 0.655. The van der Waals surface area contributed by atoms with Crippen molar-refractivity contribution in [3.05, 3.63) is 48.5 Å². The maximum Gasteiger partial charge on any atom is 0.326 e. The lowest BCUT2D eigenvalue weighted by atomic mass is 10.1. The standard InChI is InChI=1S/C10H8.C4H11N3OS/c1-2-6-10-8-4-3-7-9(10)5-1;1-7(2,3)9-6-4(5)8/h1-8H;1-3H3,(H2-,5,6,8)/p+1. The molecule has 0 saturated carbocycles. The largest absolute Gasteiger partial charge is 0.351 e. The number of hydrogen-bond acceptors (Lipinski definition) is 2. The normalized spacial score (nSPS) is 10.5. The van der Waals surface area contributed by atoms with Gasteiger partial charge in [0.25, 0.3) is 0 Å². The van der Waals surface area contributed by atoms with Crippen LogP contribution < -0.4 is 10.5 Å². The average Bonchev–Trinajstić information content (AvgIpc) is 2.37. The summed E-state index contributed by atoms with van der Waals surface area (Å²) in [5.41, 5.74) is 4.82. The summed E-state index contributed by atoms with van der Waals surface area (Å²) in [6, 6.07) is 16.2. The highest BCUT2D eigenvalue weighted by Crippen LogP contribution is 2.11. The molecule has 0 radical (unpaired) electrons. The smallest absolute Gasteiger partial charge is 0.326 e. The number of benzene rings is 2. The van der Waals surface area contributed by atoms with Crippen molar-refractivity contribution in [3.63, 3.8) is 0 Å². The predicted molar refractivity (Wildman–Crippen MR) is 82.3 cm³/mol. The summed E-state index contributed by atoms with van der Waals surface area (Å²) in [4.78, 5) is 10.1. The Kier molecular flexibility index (Phi) is 5.66. The van der Waals surface area contributed by atoms with E-state index in [0.29, 0.717) is 3.89 Å². The second-order valence-corrected chi connectivity index (χ2v) is 6.28. The van der Waals surface area contributed by atoms with Crippen molar-refractivity contribution in [1.82, 2.24) is 4.72 Å². The average molecular weight is 278 g/mol. The first-order chi connectivity index (χ1) is 8.88. The van der Waals surface area contributed by atoms with E-state index in [4.69, 9.17) is 5.73 Å². The van der Waals surface area contributed by atoms with E-state index in [2.05, 4.69) is 53.3 Å². The van der Waals surface area contributed by atoms with Gasteiger partial charge in [-0.2, -0.15) is 0 Å². The Morgan fingerprint density at radius 1 is 1.00 bits per heavy atom. The van der Waals surface area contributed by atoms with Crippen molar-refractivity contribution in [2.24, 2.45) is 5.73 Å². The van der Waals surface area contributed by atoms with E-state index in [1.807, 2.05) is 21.1 Å². The third-order valence-corrected chi connectivity index (χ3v) is 2.92. The molecule has 0 bridgehead atoms. The van der Waals surface area contributed by atoms with Crippen LogP contribution in [0.4, 0.5) is 4.79 Å². The predicted octanol–water partition coefficient (Wildman–Crippen LogP) is 2.76. The zero-order chi connectivity index (χ0) is 14.3. The highest BCUT2D eigenvalue weighted by atomic mass is 32.2. The van der Waals surface area contributed by atoms with Gasteiger partial charge in [-0.25, -0.2) is 13.4 Å². The molecule has 2 amide bonds. The highest BCUT2D eigenvalue weighted by Gasteiger charge is 2.09. The number of carbonyl (C=O) groups excluding carboxylic acids is 1. The number of rotatable bonds is 2. The van der Waals surface area contributed by atoms with Crippen LogP contribution in [-0.2, 0) is 0 Å². The minimum absolute atomic E-state index is 0.506. The first-order valence-corrected chi connectivity index (χ1v) is 6.65. The van der Waals surface area contributed by atoms with Gasteiger partial charge in [0.2, 0.25) is 12.1 Å². The van der Waals surface area contributed by atoms with Gasteiger partial charge in [0.1, 0.15) is 0 Å². The number of hydrogen-bond donors (Lipinski definition) is 2. The number of nitrogens with one attached hydrogen (secondary N) is 1. The third-order valence-electron chi connectivity index (χ3n) is 2.08. The zero-order valence-corrected chi connectivity index (χ0v) is 12.3. The topological polar surface area (TPSA) is 55.1 Å². The molecular formula is C14H20N3OS+. The Morgan fingerprint density at radius 3 is 1.58 bits per heavy atom. The van der Waals surface area contributed by atoms with E-state index in [1.165, 1.54) is 22.9 Å². The molecule has 0 saturated heterocycles. The molecule has 0 heterocycles. The number of primary amides is 1. The van der Waals surface area contributed by atoms with Crippen molar-refractivity contribution in [1.29, 1.82) is 0 Å². The fourth-order valence-corrected chi connectivity index (χ4v) is 1.68. The van der Waals surface area contributed by atoms with Crippen LogP contribution in [0, 0.1) is 0 Å². The van der Waals surface area contributed by atoms with E-state index in [-0.39, 0.29) is 0 Å². The van der Waals surface area contributed by atoms with Crippen molar-refractivity contribution in [2.75, 3.05) is 21.1 Å². The van der Waals surface area contributed by atoms with Crippen LogP contribution in [0.15, 0.2) is 48.5 Å². The van der Waals surface area contributed by atoms with Gasteiger partial charge in [0.15, 0.2) is 0 Å². The Labute approximate surface area is 118 Å². The first kappa shape index (κ1) is 15.3. The molecule has 0 spiro atoms. The molecule has 19 heavy (non-hydrogen) atoms. The fourth-order valence-electron chi connectivity index (χ4n) is 1.31. The molecule has 0 aromatic heterocycles. The molecule has 3 N–H and O–H groups in total. The molecule has 0 aliphatic rings. The van der Waals surface area contributed by atoms with Gasteiger partial charge >= 0.3 is 6.03 Å². The van der Waals surface area contributed by atoms with E-state index in [9.17, 15) is 4.79 Å². The second kappa shape index (κ2) is 7.01. The summed E-state index contributed by atoms with van der Waals surface area (Å²) in [5, 5.41) is 2.62. The molecule has 0 aliphatic carbocycles. The molecule has 102 valence electrons. The number of fused-ring (bicyclic) bond motifs is 1. The van der Waals surface area contributed by atoms with Gasteiger partial charge in [0, 0.05) is 0 Å². The lowest BCUT2D eigenvalue weighted by Crippen LogP contribution is -2.34. The molecule has 0 fully saturated rings. The number of quaternary nitrogens is 1. The molecule has 0 aliphatic heterocycles. The SMILES string of the molecule is C[N+](C)(C)SNC(N)=O.c1ccc2ccccc2c1. The number of nitrogens with zero attached hydrogens (tertiary/aromatic N) is 1. The first-order valence-electron chi connectivity index (χ1n) is 5.88. The van der Waals surface area contributed by atoms with Crippen molar-refractivity contribution in [2.45, 2.75) is 0 Å². The summed E-state index contributed by atoms with van der Waals surface area (Å²) >= 11 is 1.25. The zero-order valence-electron chi connectivity index (χ0n) is 11.5. The Balaban J connectivity index is 0.000000192. The van der Waals surface area contributed by atoms with Gasteiger partial charge in [-0.3, -0.25) is 0 Å². The third kappa shape index (κ3) is 6.69. The summed E-state index contributed by atoms with van der Waals surface area (Å²) in [5.74, 6) is 0. The van der Waals surface area contributed by atoms with Gasteiger partial charge in [-0.15, -0.1) is 0 Å². The maximum absolute atomic E-state index is 10.1. The van der Waals surface area contributed by atoms with E-state index < -0.39 is 6.03 Å². The summed E-state index contributed by atoms with van der Waals surface area (Å²) in [6.45, 7) is 0. The van der Waals surface area contributed by atoms with Crippen LogP contribution in [0.25, 0.3) is 10.8 Å². The van der Waals surface area contributed by atoms with Gasteiger partial charge in [0.05, 0.1) is 21.1 Å². The lowest BCUT2D eigenvalue weighted by Gasteiger charge is -2.18. The van der Waals surface area contributed by atoms with Crippen LogP contribution in [0.2, 0.25) is 0 Å². The van der Waals surface area contributed by atoms with E-state index >= 15 is 0 Å². The van der Waals surface area contributed by atoms with Gasteiger partial charge in [-0.1, -0.05) is 48.5 Å². The van der Waals surface area contributed by atoms with Crippen molar-refractivity contribution >= 4 is 28.9 Å². The number of nitrogens with two attached hydrogens (primary N) is 1. The maximum atomic E-state index is 10.1. The monoisotopic (exact) mass is 278 g/mol. The minimum atomic E-state index is -0.506. The van der Waals surface area contributed by atoms with Crippen molar-refractivity contribution in [3.8, 4) is 0 Å².